The fourth-order valence-electron chi connectivity index (χ4n) is 1.67. The maximum absolute atomic E-state index is 13.8. The van der Waals surface area contributed by atoms with Crippen LogP contribution in [-0.2, 0) is 6.42 Å². The number of halogens is 1. The van der Waals surface area contributed by atoms with Gasteiger partial charge in [0, 0.05) is 5.56 Å². The van der Waals surface area contributed by atoms with Gasteiger partial charge in [-0.2, -0.15) is 9.64 Å². The maximum Gasteiger partial charge on any atom is 0.132 e. The first-order valence-corrected chi connectivity index (χ1v) is 6.09. The third-order valence-corrected chi connectivity index (χ3v) is 3.50. The zero-order valence-corrected chi connectivity index (χ0v) is 10.4. The van der Waals surface area contributed by atoms with Crippen molar-refractivity contribution in [3.05, 3.63) is 40.8 Å². The molecule has 0 amide bonds. The number of hydrogen-bond donors (Lipinski definition) is 0. The van der Waals surface area contributed by atoms with Crippen LogP contribution in [0.25, 0.3) is 10.4 Å². The van der Waals surface area contributed by atoms with Crippen LogP contribution < -0.4 is 0 Å². The van der Waals surface area contributed by atoms with Crippen LogP contribution in [0, 0.1) is 24.1 Å². The van der Waals surface area contributed by atoms with E-state index < -0.39 is 0 Å². The molecule has 17 heavy (non-hydrogen) atoms. The van der Waals surface area contributed by atoms with Crippen LogP contribution in [0.1, 0.15) is 23.7 Å². The van der Waals surface area contributed by atoms with Crippen molar-refractivity contribution < 1.29 is 4.39 Å². The average molecular weight is 246 g/mol. The lowest BCUT2D eigenvalue weighted by Gasteiger charge is -2.01. The van der Waals surface area contributed by atoms with Gasteiger partial charge in [-0.15, -0.1) is 0 Å². The summed E-state index contributed by atoms with van der Waals surface area (Å²) >= 11 is 1.19. The van der Waals surface area contributed by atoms with E-state index in [0.717, 1.165) is 11.3 Å². The van der Waals surface area contributed by atoms with E-state index in [1.807, 2.05) is 19.9 Å². The Bertz CT molecular complexity index is 596. The van der Waals surface area contributed by atoms with E-state index in [1.165, 1.54) is 17.6 Å². The zero-order chi connectivity index (χ0) is 12.4. The van der Waals surface area contributed by atoms with E-state index >= 15 is 0 Å². The summed E-state index contributed by atoms with van der Waals surface area (Å²) in [5.41, 5.74) is 2.57. The van der Waals surface area contributed by atoms with Crippen molar-refractivity contribution in [3.63, 3.8) is 0 Å². The fraction of sp³-hybridized carbons (Fsp3) is 0.231. The molecule has 4 heteroatoms. The van der Waals surface area contributed by atoms with Gasteiger partial charge in [0.25, 0.3) is 0 Å². The van der Waals surface area contributed by atoms with Gasteiger partial charge in [0.05, 0.1) is 16.1 Å². The van der Waals surface area contributed by atoms with Crippen LogP contribution in [0.3, 0.4) is 0 Å². The van der Waals surface area contributed by atoms with E-state index in [1.54, 1.807) is 6.07 Å². The summed E-state index contributed by atoms with van der Waals surface area (Å²) in [5, 5.41) is 9.12. The summed E-state index contributed by atoms with van der Waals surface area (Å²) in [6.07, 6.45) is 0.687. The smallest absolute Gasteiger partial charge is 0.132 e. The molecule has 0 radical (unpaired) electrons. The third kappa shape index (κ3) is 2.06. The molecule has 1 aromatic carbocycles. The maximum atomic E-state index is 13.8. The molecule has 0 saturated carbocycles. The second kappa shape index (κ2) is 4.64. The van der Waals surface area contributed by atoms with E-state index in [2.05, 4.69) is 10.4 Å². The van der Waals surface area contributed by atoms with Crippen LogP contribution in [0.5, 0.6) is 0 Å². The van der Waals surface area contributed by atoms with Gasteiger partial charge in [0.1, 0.15) is 11.9 Å². The molecule has 2 rings (SSSR count). The summed E-state index contributed by atoms with van der Waals surface area (Å²) in [5.74, 6) is -0.298. The van der Waals surface area contributed by atoms with Crippen molar-refractivity contribution in [2.75, 3.05) is 0 Å². The molecule has 0 aliphatic heterocycles. The predicted molar refractivity (Wildman–Crippen MR) is 66.3 cm³/mol. The SMILES string of the molecule is CCc1nsc(-c2ccc(C)cc2F)c1C#N. The lowest BCUT2D eigenvalue weighted by atomic mass is 10.1. The van der Waals surface area contributed by atoms with E-state index in [4.69, 9.17) is 5.26 Å². The Balaban J connectivity index is 2.61. The Morgan fingerprint density at radius 3 is 2.82 bits per heavy atom. The first kappa shape index (κ1) is 11.7. The summed E-state index contributed by atoms with van der Waals surface area (Å²) < 4.78 is 18.0. The largest absolute Gasteiger partial charge is 0.206 e. The quantitative estimate of drug-likeness (QED) is 0.810. The summed E-state index contributed by atoms with van der Waals surface area (Å²) in [6, 6.07) is 7.14. The third-order valence-electron chi connectivity index (χ3n) is 2.58. The van der Waals surface area contributed by atoms with E-state index in [9.17, 15) is 4.39 Å². The highest BCUT2D eigenvalue weighted by molar-refractivity contribution is 7.10. The molecular weight excluding hydrogens is 235 g/mol. The van der Waals surface area contributed by atoms with Crippen LogP contribution in [-0.4, -0.2) is 4.37 Å². The molecule has 0 atom stereocenters. The minimum Gasteiger partial charge on any atom is -0.206 e. The van der Waals surface area contributed by atoms with Gasteiger partial charge in [-0.3, -0.25) is 0 Å². The van der Waals surface area contributed by atoms with Crippen LogP contribution in [0.2, 0.25) is 0 Å². The topological polar surface area (TPSA) is 36.7 Å². The minimum atomic E-state index is -0.298. The Labute approximate surface area is 104 Å². The highest BCUT2D eigenvalue weighted by Gasteiger charge is 2.16. The number of hydrogen-bond acceptors (Lipinski definition) is 3. The number of nitrogens with zero attached hydrogens (tertiary/aromatic N) is 2. The Morgan fingerprint density at radius 2 is 2.24 bits per heavy atom. The molecule has 0 saturated heterocycles. The van der Waals surface area contributed by atoms with Crippen LogP contribution in [0.15, 0.2) is 18.2 Å². The highest BCUT2D eigenvalue weighted by atomic mass is 32.1. The van der Waals surface area contributed by atoms with Gasteiger partial charge in [0.15, 0.2) is 0 Å². The van der Waals surface area contributed by atoms with Crippen molar-refractivity contribution in [1.82, 2.24) is 4.37 Å². The second-order valence-electron chi connectivity index (χ2n) is 3.78. The normalized spacial score (nSPS) is 10.2. The van der Waals surface area contributed by atoms with Gasteiger partial charge >= 0.3 is 0 Å². The molecule has 0 N–H and O–H groups in total. The van der Waals surface area contributed by atoms with Crippen LogP contribution in [0.4, 0.5) is 4.39 Å². The van der Waals surface area contributed by atoms with Gasteiger partial charge in [0.2, 0.25) is 0 Å². The number of benzene rings is 1. The number of aromatic nitrogens is 1. The van der Waals surface area contributed by atoms with Gasteiger partial charge in [-0.25, -0.2) is 4.39 Å². The molecule has 0 bridgehead atoms. The number of rotatable bonds is 2. The number of nitriles is 1. The Kier molecular flexibility index (Phi) is 3.21. The summed E-state index contributed by atoms with van der Waals surface area (Å²) in [6.45, 7) is 3.77. The standard InChI is InChI=1S/C13H11FN2S/c1-3-12-10(7-15)13(17-16-12)9-5-4-8(2)6-11(9)14/h4-6H,3H2,1-2H3. The van der Waals surface area contributed by atoms with Crippen LogP contribution >= 0.6 is 11.5 Å². The lowest BCUT2D eigenvalue weighted by molar-refractivity contribution is 0.630. The molecule has 0 aliphatic carbocycles. The molecule has 86 valence electrons. The minimum absolute atomic E-state index is 0.298. The van der Waals surface area contributed by atoms with E-state index in [0.29, 0.717) is 22.4 Å². The second-order valence-corrected chi connectivity index (χ2v) is 4.56. The van der Waals surface area contributed by atoms with Crippen molar-refractivity contribution in [2.24, 2.45) is 0 Å². The van der Waals surface area contributed by atoms with E-state index in [-0.39, 0.29) is 5.82 Å². The molecule has 2 nitrogen and oxygen atoms in total. The Hall–Kier alpha value is -1.73. The first-order valence-electron chi connectivity index (χ1n) is 5.32. The molecule has 1 aromatic heterocycles. The zero-order valence-electron chi connectivity index (χ0n) is 9.62. The average Bonchev–Trinajstić information content (AvgIpc) is 2.71. The molecule has 0 unspecified atom stereocenters. The van der Waals surface area contributed by atoms with Crippen molar-refractivity contribution >= 4 is 11.5 Å². The molecule has 0 fully saturated rings. The van der Waals surface area contributed by atoms with Crippen molar-refractivity contribution in [1.29, 1.82) is 5.26 Å². The first-order chi connectivity index (χ1) is 8.17. The molecule has 2 aromatic rings. The highest BCUT2D eigenvalue weighted by Crippen LogP contribution is 2.32. The van der Waals surface area contributed by atoms with Crippen molar-refractivity contribution in [3.8, 4) is 16.5 Å². The summed E-state index contributed by atoms with van der Waals surface area (Å²) in [7, 11) is 0. The van der Waals surface area contributed by atoms with Gasteiger partial charge in [-0.1, -0.05) is 19.1 Å². The lowest BCUT2D eigenvalue weighted by Crippen LogP contribution is -1.88. The Morgan fingerprint density at radius 1 is 1.47 bits per heavy atom. The molecule has 0 spiro atoms. The number of aryl methyl sites for hydroxylation is 2. The van der Waals surface area contributed by atoms with Gasteiger partial charge in [-0.05, 0) is 36.5 Å². The van der Waals surface area contributed by atoms with Crippen molar-refractivity contribution in [2.45, 2.75) is 20.3 Å². The monoisotopic (exact) mass is 246 g/mol. The predicted octanol–water partition coefficient (Wildman–Crippen LogP) is 3.69. The summed E-state index contributed by atoms with van der Waals surface area (Å²) in [4.78, 5) is 0.627. The van der Waals surface area contributed by atoms with Gasteiger partial charge < -0.3 is 0 Å². The fourth-order valence-corrected chi connectivity index (χ4v) is 2.61. The molecular formula is C13H11FN2S. The molecule has 1 heterocycles. The molecule has 0 aliphatic rings.